The Balaban J connectivity index is 2.22. The number of fused-ring (bicyclic) bond motifs is 1. The fourth-order valence-electron chi connectivity index (χ4n) is 1.93. The van der Waals surface area contributed by atoms with Crippen molar-refractivity contribution >= 4 is 27.0 Å². The number of rotatable bonds is 1. The Kier molecular flexibility index (Phi) is 2.48. The Morgan fingerprint density at radius 1 is 1.12 bits per heavy atom. The lowest BCUT2D eigenvalue weighted by Gasteiger charge is -1.97. The highest BCUT2D eigenvalue weighted by atomic mass is 79.9. The summed E-state index contributed by atoms with van der Waals surface area (Å²) in [5, 5.41) is 0. The number of aromatic nitrogens is 2. The number of para-hydroxylation sites is 1. The molecule has 1 aromatic heterocycles. The molecule has 0 aliphatic carbocycles. The molecule has 0 saturated heterocycles. The van der Waals surface area contributed by atoms with Crippen LogP contribution in [0.4, 0.5) is 0 Å². The van der Waals surface area contributed by atoms with Crippen molar-refractivity contribution in [3.8, 4) is 11.4 Å². The summed E-state index contributed by atoms with van der Waals surface area (Å²) in [6, 6.07) is 14.4. The second-order valence-corrected chi connectivity index (χ2v) is 4.95. The van der Waals surface area contributed by atoms with Crippen molar-refractivity contribution < 1.29 is 0 Å². The van der Waals surface area contributed by atoms with Crippen LogP contribution in [0.5, 0.6) is 0 Å². The van der Waals surface area contributed by atoms with Crippen molar-refractivity contribution in [3.63, 3.8) is 0 Å². The Morgan fingerprint density at radius 3 is 2.71 bits per heavy atom. The Morgan fingerprint density at radius 2 is 1.94 bits per heavy atom. The number of aryl methyl sites for hydroxylation is 1. The summed E-state index contributed by atoms with van der Waals surface area (Å²) in [4.78, 5) is 7.96. The van der Waals surface area contributed by atoms with E-state index in [0.717, 1.165) is 26.9 Å². The zero-order valence-corrected chi connectivity index (χ0v) is 11.0. The number of hydrogen-bond acceptors (Lipinski definition) is 1. The molecular weight excluding hydrogens is 276 g/mol. The minimum Gasteiger partial charge on any atom is -0.338 e. The van der Waals surface area contributed by atoms with E-state index in [1.807, 2.05) is 24.3 Å². The third kappa shape index (κ3) is 1.87. The summed E-state index contributed by atoms with van der Waals surface area (Å²) in [7, 11) is 0. The van der Waals surface area contributed by atoms with Gasteiger partial charge in [-0.05, 0) is 41.1 Å². The Hall–Kier alpha value is -1.61. The minimum atomic E-state index is 0.913. The van der Waals surface area contributed by atoms with Crippen LogP contribution in [0.3, 0.4) is 0 Å². The molecule has 0 bridgehead atoms. The van der Waals surface area contributed by atoms with Gasteiger partial charge in [-0.25, -0.2) is 4.98 Å². The maximum absolute atomic E-state index is 4.62. The van der Waals surface area contributed by atoms with Gasteiger partial charge in [-0.15, -0.1) is 0 Å². The lowest BCUT2D eigenvalue weighted by molar-refractivity contribution is 1.32. The molecule has 0 spiro atoms. The molecule has 3 aromatic rings. The highest BCUT2D eigenvalue weighted by Crippen LogP contribution is 2.26. The van der Waals surface area contributed by atoms with Crippen molar-refractivity contribution in [1.82, 2.24) is 9.97 Å². The van der Waals surface area contributed by atoms with Gasteiger partial charge in [0.1, 0.15) is 11.3 Å². The number of halogens is 1. The number of imidazole rings is 1. The van der Waals surface area contributed by atoms with Gasteiger partial charge in [0.15, 0.2) is 0 Å². The lowest BCUT2D eigenvalue weighted by atomic mass is 10.1. The number of benzene rings is 2. The molecule has 1 heterocycles. The summed E-state index contributed by atoms with van der Waals surface area (Å²) >= 11 is 3.51. The van der Waals surface area contributed by atoms with E-state index in [1.165, 1.54) is 5.56 Å². The van der Waals surface area contributed by atoms with E-state index >= 15 is 0 Å². The molecule has 2 aromatic carbocycles. The van der Waals surface area contributed by atoms with E-state index in [9.17, 15) is 0 Å². The van der Waals surface area contributed by atoms with Gasteiger partial charge in [0, 0.05) is 10.0 Å². The van der Waals surface area contributed by atoms with Crippen molar-refractivity contribution in [2.45, 2.75) is 6.92 Å². The molecule has 0 amide bonds. The standard InChI is InChI=1S/C14H11BrN2/c1-9-4-2-5-10(8-9)14-16-12-7-3-6-11(15)13(12)17-14/h2-8H,1H3,(H,16,17). The molecule has 0 atom stereocenters. The van der Waals surface area contributed by atoms with Crippen molar-refractivity contribution in [3.05, 3.63) is 52.5 Å². The summed E-state index contributed by atoms with van der Waals surface area (Å²) in [5.74, 6) is 0.913. The highest BCUT2D eigenvalue weighted by molar-refractivity contribution is 9.10. The molecular formula is C14H11BrN2. The maximum atomic E-state index is 4.62. The number of nitrogens with zero attached hydrogens (tertiary/aromatic N) is 1. The van der Waals surface area contributed by atoms with E-state index in [4.69, 9.17) is 0 Å². The molecule has 0 fully saturated rings. The average Bonchev–Trinajstić information content (AvgIpc) is 2.74. The summed E-state index contributed by atoms with van der Waals surface area (Å²) < 4.78 is 1.02. The van der Waals surface area contributed by atoms with Gasteiger partial charge < -0.3 is 4.98 Å². The smallest absolute Gasteiger partial charge is 0.138 e. The molecule has 1 N–H and O–H groups in total. The van der Waals surface area contributed by atoms with Crippen LogP contribution in [-0.4, -0.2) is 9.97 Å². The first-order valence-corrected chi connectivity index (χ1v) is 6.24. The second-order valence-electron chi connectivity index (χ2n) is 4.09. The lowest BCUT2D eigenvalue weighted by Crippen LogP contribution is -1.80. The molecule has 2 nitrogen and oxygen atoms in total. The number of nitrogens with one attached hydrogen (secondary N) is 1. The average molecular weight is 287 g/mol. The zero-order chi connectivity index (χ0) is 11.8. The second kappa shape index (κ2) is 4.00. The molecule has 84 valence electrons. The minimum absolute atomic E-state index is 0.913. The predicted octanol–water partition coefficient (Wildman–Crippen LogP) is 4.30. The number of H-pyrrole nitrogens is 1. The van der Waals surface area contributed by atoms with E-state index in [0.29, 0.717) is 0 Å². The van der Waals surface area contributed by atoms with Gasteiger partial charge in [0.25, 0.3) is 0 Å². The fraction of sp³-hybridized carbons (Fsp3) is 0.0714. The van der Waals surface area contributed by atoms with Crippen LogP contribution < -0.4 is 0 Å². The molecule has 3 heteroatoms. The quantitative estimate of drug-likeness (QED) is 0.710. The van der Waals surface area contributed by atoms with Crippen LogP contribution in [0.15, 0.2) is 46.9 Å². The van der Waals surface area contributed by atoms with Crippen LogP contribution >= 0.6 is 15.9 Å². The maximum Gasteiger partial charge on any atom is 0.138 e. The van der Waals surface area contributed by atoms with E-state index in [-0.39, 0.29) is 0 Å². The molecule has 0 aliphatic heterocycles. The van der Waals surface area contributed by atoms with Gasteiger partial charge in [-0.2, -0.15) is 0 Å². The first-order valence-electron chi connectivity index (χ1n) is 5.45. The monoisotopic (exact) mass is 286 g/mol. The predicted molar refractivity (Wildman–Crippen MR) is 74.0 cm³/mol. The third-order valence-corrected chi connectivity index (χ3v) is 3.39. The molecule has 0 saturated carbocycles. The van der Waals surface area contributed by atoms with Crippen LogP contribution in [0.2, 0.25) is 0 Å². The SMILES string of the molecule is Cc1cccc(-c2nc3c(Br)cccc3[nH]2)c1. The molecule has 0 unspecified atom stereocenters. The first kappa shape index (κ1) is 10.5. The number of aromatic amines is 1. The number of hydrogen-bond donors (Lipinski definition) is 1. The van der Waals surface area contributed by atoms with E-state index in [2.05, 4.69) is 51.0 Å². The zero-order valence-electron chi connectivity index (χ0n) is 9.37. The van der Waals surface area contributed by atoms with Gasteiger partial charge in [-0.1, -0.05) is 29.8 Å². The van der Waals surface area contributed by atoms with Crippen LogP contribution in [-0.2, 0) is 0 Å². The fourth-order valence-corrected chi connectivity index (χ4v) is 2.38. The Labute approximate surface area is 108 Å². The van der Waals surface area contributed by atoms with Gasteiger partial charge in [-0.3, -0.25) is 0 Å². The van der Waals surface area contributed by atoms with Crippen molar-refractivity contribution in [2.75, 3.05) is 0 Å². The first-order chi connectivity index (χ1) is 8.24. The Bertz CT molecular complexity index is 686. The van der Waals surface area contributed by atoms with Crippen molar-refractivity contribution in [1.29, 1.82) is 0 Å². The molecule has 0 radical (unpaired) electrons. The normalized spacial score (nSPS) is 10.9. The van der Waals surface area contributed by atoms with Crippen LogP contribution in [0, 0.1) is 6.92 Å². The van der Waals surface area contributed by atoms with E-state index < -0.39 is 0 Å². The molecule has 17 heavy (non-hydrogen) atoms. The van der Waals surface area contributed by atoms with E-state index in [1.54, 1.807) is 0 Å². The summed E-state index contributed by atoms with van der Waals surface area (Å²) in [6.45, 7) is 2.09. The van der Waals surface area contributed by atoms with Crippen molar-refractivity contribution in [2.24, 2.45) is 0 Å². The topological polar surface area (TPSA) is 28.7 Å². The third-order valence-electron chi connectivity index (χ3n) is 2.75. The molecule has 3 rings (SSSR count). The van der Waals surface area contributed by atoms with Crippen LogP contribution in [0.1, 0.15) is 5.56 Å². The van der Waals surface area contributed by atoms with Crippen LogP contribution in [0.25, 0.3) is 22.4 Å². The highest BCUT2D eigenvalue weighted by Gasteiger charge is 2.07. The summed E-state index contributed by atoms with van der Waals surface area (Å²) in [6.07, 6.45) is 0. The van der Waals surface area contributed by atoms with Gasteiger partial charge in [0.2, 0.25) is 0 Å². The largest absolute Gasteiger partial charge is 0.338 e. The summed E-state index contributed by atoms with van der Waals surface area (Å²) in [5.41, 5.74) is 4.38. The van der Waals surface area contributed by atoms with Gasteiger partial charge in [0.05, 0.1) is 5.52 Å². The molecule has 0 aliphatic rings. The van der Waals surface area contributed by atoms with Gasteiger partial charge >= 0.3 is 0 Å².